The average Bonchev–Trinajstić information content (AvgIpc) is 2.75. The van der Waals surface area contributed by atoms with Crippen LogP contribution in [-0.2, 0) is 14.3 Å². The van der Waals surface area contributed by atoms with Crippen molar-refractivity contribution in [2.24, 2.45) is 0 Å². The summed E-state index contributed by atoms with van der Waals surface area (Å²) in [5.74, 6) is 1.45. The van der Waals surface area contributed by atoms with Gasteiger partial charge in [-0.1, -0.05) is 30.3 Å². The maximum atomic E-state index is 12.8. The molecule has 2 atom stereocenters. The number of nitrogens with zero attached hydrogens (tertiary/aromatic N) is 1. The van der Waals surface area contributed by atoms with Gasteiger partial charge in [0.2, 0.25) is 6.10 Å². The predicted octanol–water partition coefficient (Wildman–Crippen LogP) is 3.47. The van der Waals surface area contributed by atoms with E-state index in [-0.39, 0.29) is 11.9 Å². The van der Waals surface area contributed by atoms with E-state index in [4.69, 9.17) is 18.9 Å². The predicted molar refractivity (Wildman–Crippen MR) is 110 cm³/mol. The van der Waals surface area contributed by atoms with E-state index >= 15 is 0 Å². The molecule has 1 aliphatic rings. The molecule has 3 rings (SSSR count). The van der Waals surface area contributed by atoms with E-state index in [9.17, 15) is 4.79 Å². The highest BCUT2D eigenvalue weighted by molar-refractivity contribution is 5.89. The van der Waals surface area contributed by atoms with Crippen LogP contribution in [0.4, 0.5) is 0 Å². The second-order valence-electron chi connectivity index (χ2n) is 6.79. The Bertz CT molecular complexity index is 767. The fourth-order valence-electron chi connectivity index (χ4n) is 3.39. The Morgan fingerprint density at radius 2 is 1.76 bits per heavy atom. The Morgan fingerprint density at radius 1 is 0.966 bits per heavy atom. The molecule has 2 aromatic rings. The van der Waals surface area contributed by atoms with Crippen LogP contribution >= 0.6 is 0 Å². The third-order valence-corrected chi connectivity index (χ3v) is 4.80. The molecule has 1 fully saturated rings. The summed E-state index contributed by atoms with van der Waals surface area (Å²) in [5.41, 5.74) is 0.997. The number of hydrogen-bond acceptors (Lipinski definition) is 5. The molecule has 1 heterocycles. The fourth-order valence-corrected chi connectivity index (χ4v) is 3.39. The van der Waals surface area contributed by atoms with Crippen LogP contribution in [0.25, 0.3) is 0 Å². The lowest BCUT2D eigenvalue weighted by atomic mass is 9.90. The molecule has 156 valence electrons. The minimum atomic E-state index is -0.543. The summed E-state index contributed by atoms with van der Waals surface area (Å²) >= 11 is 0. The van der Waals surface area contributed by atoms with E-state index in [2.05, 4.69) is 0 Å². The molecule has 0 radical (unpaired) electrons. The topological polar surface area (TPSA) is 57.2 Å². The summed E-state index contributed by atoms with van der Waals surface area (Å²) in [6, 6.07) is 17.1. The molecule has 29 heavy (non-hydrogen) atoms. The van der Waals surface area contributed by atoms with Crippen molar-refractivity contribution in [2.75, 3.05) is 40.1 Å². The maximum Gasteiger partial charge on any atom is 0.266 e. The van der Waals surface area contributed by atoms with Gasteiger partial charge in [0.25, 0.3) is 5.91 Å². The molecule has 1 saturated heterocycles. The van der Waals surface area contributed by atoms with E-state index in [1.807, 2.05) is 66.4 Å². The molecule has 6 heteroatoms. The Balaban J connectivity index is 1.75. The molecule has 0 spiro atoms. The van der Waals surface area contributed by atoms with Crippen LogP contribution in [0.1, 0.15) is 24.9 Å². The van der Waals surface area contributed by atoms with Gasteiger partial charge in [-0.2, -0.15) is 0 Å². The third kappa shape index (κ3) is 5.49. The Hall–Kier alpha value is -2.57. The Morgan fingerprint density at radius 3 is 2.52 bits per heavy atom. The van der Waals surface area contributed by atoms with Crippen LogP contribution in [0.3, 0.4) is 0 Å². The SMILES string of the molecule is CCOCCCN1C(=O)[C@@H](Oc2ccccc2)[C@@H]1c1cccc(OCCOC)c1. The van der Waals surface area contributed by atoms with Gasteiger partial charge in [-0.3, -0.25) is 4.79 Å². The van der Waals surface area contributed by atoms with Gasteiger partial charge >= 0.3 is 0 Å². The zero-order valence-corrected chi connectivity index (χ0v) is 17.1. The summed E-state index contributed by atoms with van der Waals surface area (Å²) < 4.78 is 22.3. The number of benzene rings is 2. The monoisotopic (exact) mass is 399 g/mol. The summed E-state index contributed by atoms with van der Waals surface area (Å²) in [7, 11) is 1.64. The number of hydrogen-bond donors (Lipinski definition) is 0. The number of carbonyl (C=O) groups excluding carboxylic acids is 1. The number of β-lactam (4-membered cyclic amide) rings is 1. The van der Waals surface area contributed by atoms with E-state index < -0.39 is 6.10 Å². The summed E-state index contributed by atoms with van der Waals surface area (Å²) in [4.78, 5) is 14.7. The number of carbonyl (C=O) groups is 1. The number of ether oxygens (including phenoxy) is 4. The van der Waals surface area contributed by atoms with Crippen LogP contribution in [-0.4, -0.2) is 57.0 Å². The van der Waals surface area contributed by atoms with Gasteiger partial charge in [0.1, 0.15) is 24.1 Å². The molecule has 0 saturated carbocycles. The summed E-state index contributed by atoms with van der Waals surface area (Å²) in [6.07, 6.45) is 0.247. The number of rotatable bonds is 12. The molecular weight excluding hydrogens is 370 g/mol. The average molecular weight is 399 g/mol. The smallest absolute Gasteiger partial charge is 0.266 e. The molecule has 2 aromatic carbocycles. The first-order valence-corrected chi connectivity index (χ1v) is 10.1. The minimum Gasteiger partial charge on any atom is -0.491 e. The van der Waals surface area contributed by atoms with Crippen molar-refractivity contribution in [3.63, 3.8) is 0 Å². The highest BCUT2D eigenvalue weighted by Gasteiger charge is 2.49. The van der Waals surface area contributed by atoms with Crippen molar-refractivity contribution in [1.82, 2.24) is 4.90 Å². The number of para-hydroxylation sites is 1. The van der Waals surface area contributed by atoms with E-state index in [0.717, 1.165) is 17.7 Å². The van der Waals surface area contributed by atoms with Gasteiger partial charge in [0.05, 0.1) is 6.61 Å². The molecule has 0 N–H and O–H groups in total. The van der Waals surface area contributed by atoms with E-state index in [1.165, 1.54) is 0 Å². The van der Waals surface area contributed by atoms with Gasteiger partial charge < -0.3 is 23.8 Å². The highest BCUT2D eigenvalue weighted by atomic mass is 16.5. The molecule has 0 aliphatic carbocycles. The van der Waals surface area contributed by atoms with Crippen LogP contribution in [0, 0.1) is 0 Å². The van der Waals surface area contributed by atoms with Gasteiger partial charge in [0.15, 0.2) is 0 Å². The summed E-state index contributed by atoms with van der Waals surface area (Å²) in [6.45, 7) is 4.92. The molecule has 0 aromatic heterocycles. The van der Waals surface area contributed by atoms with Crippen LogP contribution in [0.5, 0.6) is 11.5 Å². The lowest BCUT2D eigenvalue weighted by molar-refractivity contribution is -0.164. The van der Waals surface area contributed by atoms with Crippen LogP contribution in [0.2, 0.25) is 0 Å². The third-order valence-electron chi connectivity index (χ3n) is 4.80. The van der Waals surface area contributed by atoms with E-state index in [1.54, 1.807) is 7.11 Å². The molecule has 1 aliphatic heterocycles. The highest BCUT2D eigenvalue weighted by Crippen LogP contribution is 2.38. The van der Waals surface area contributed by atoms with Gasteiger partial charge in [-0.05, 0) is 43.2 Å². The quantitative estimate of drug-likeness (QED) is 0.404. The van der Waals surface area contributed by atoms with Gasteiger partial charge in [-0.25, -0.2) is 0 Å². The normalized spacial score (nSPS) is 18.4. The maximum absolute atomic E-state index is 12.8. The number of likely N-dealkylation sites (tertiary alicyclic amines) is 1. The number of amides is 1. The van der Waals surface area contributed by atoms with Gasteiger partial charge in [-0.15, -0.1) is 0 Å². The van der Waals surface area contributed by atoms with Crippen molar-refractivity contribution in [1.29, 1.82) is 0 Å². The molecule has 0 bridgehead atoms. The van der Waals surface area contributed by atoms with Crippen molar-refractivity contribution in [2.45, 2.75) is 25.5 Å². The second-order valence-corrected chi connectivity index (χ2v) is 6.79. The van der Waals surface area contributed by atoms with E-state index in [0.29, 0.717) is 38.7 Å². The lowest BCUT2D eigenvalue weighted by Crippen LogP contribution is -2.61. The van der Waals surface area contributed by atoms with Gasteiger partial charge in [0, 0.05) is 26.9 Å². The van der Waals surface area contributed by atoms with Crippen LogP contribution < -0.4 is 9.47 Å². The Labute approximate surface area is 172 Å². The minimum absolute atomic E-state index is 0.000978. The standard InChI is InChI=1S/C23H29NO5/c1-3-27-14-8-13-24-21(18-9-7-12-20(17-18)28-16-15-26-2)22(23(24)25)29-19-10-5-4-6-11-19/h4-7,9-12,17,21-22H,3,8,13-16H2,1-2H3/t21-,22-/m0/s1. The molecule has 0 unspecified atom stereocenters. The fraction of sp³-hybridized carbons (Fsp3) is 0.435. The Kier molecular flexibility index (Phi) is 7.90. The largest absolute Gasteiger partial charge is 0.491 e. The molecule has 1 amide bonds. The van der Waals surface area contributed by atoms with Crippen LogP contribution in [0.15, 0.2) is 54.6 Å². The lowest BCUT2D eigenvalue weighted by Gasteiger charge is -2.47. The summed E-state index contributed by atoms with van der Waals surface area (Å²) in [5, 5.41) is 0. The first-order chi connectivity index (χ1) is 14.2. The first kappa shape index (κ1) is 21.1. The number of methoxy groups -OCH3 is 1. The van der Waals surface area contributed by atoms with Crippen molar-refractivity contribution in [3.8, 4) is 11.5 Å². The second kappa shape index (κ2) is 10.8. The zero-order chi connectivity index (χ0) is 20.5. The van der Waals surface area contributed by atoms with Crippen molar-refractivity contribution >= 4 is 5.91 Å². The molecule has 6 nitrogen and oxygen atoms in total. The van der Waals surface area contributed by atoms with Crippen molar-refractivity contribution < 1.29 is 23.7 Å². The zero-order valence-electron chi connectivity index (χ0n) is 17.1. The first-order valence-electron chi connectivity index (χ1n) is 10.1. The van der Waals surface area contributed by atoms with Crippen molar-refractivity contribution in [3.05, 3.63) is 60.2 Å². The molecular formula is C23H29NO5.